The highest BCUT2D eigenvalue weighted by atomic mass is 32.1. The highest BCUT2D eigenvalue weighted by Gasteiger charge is 2.27. The third-order valence-corrected chi connectivity index (χ3v) is 6.31. The SMILES string of the molecule is CCC(C(=O)Nc1ccccc1)n1nnc2sc3c(c2c1=O)CCC(C)C3. The molecule has 7 heteroatoms. The Bertz CT molecular complexity index is 1040. The van der Waals surface area contributed by atoms with Crippen LogP contribution in [0.25, 0.3) is 10.2 Å². The Labute approximate surface area is 161 Å². The monoisotopic (exact) mass is 382 g/mol. The van der Waals surface area contributed by atoms with E-state index in [2.05, 4.69) is 22.6 Å². The van der Waals surface area contributed by atoms with Gasteiger partial charge in [0.1, 0.15) is 6.04 Å². The van der Waals surface area contributed by atoms with Crippen LogP contribution in [0.4, 0.5) is 5.69 Å². The van der Waals surface area contributed by atoms with Crippen molar-refractivity contribution in [3.8, 4) is 0 Å². The lowest BCUT2D eigenvalue weighted by molar-refractivity contribution is -0.119. The number of aromatic nitrogens is 3. The van der Waals surface area contributed by atoms with E-state index in [1.807, 2.05) is 37.3 Å². The van der Waals surface area contributed by atoms with Gasteiger partial charge in [0.25, 0.3) is 5.56 Å². The zero-order valence-corrected chi connectivity index (χ0v) is 16.3. The van der Waals surface area contributed by atoms with Crippen molar-refractivity contribution in [1.82, 2.24) is 15.0 Å². The Kier molecular flexibility index (Phi) is 4.78. The number of anilines is 1. The van der Waals surface area contributed by atoms with Gasteiger partial charge in [0.15, 0.2) is 4.83 Å². The molecule has 4 rings (SSSR count). The van der Waals surface area contributed by atoms with Crippen LogP contribution >= 0.6 is 11.3 Å². The van der Waals surface area contributed by atoms with Crippen molar-refractivity contribution in [2.45, 2.75) is 45.6 Å². The van der Waals surface area contributed by atoms with Gasteiger partial charge in [0.2, 0.25) is 5.91 Å². The quantitative estimate of drug-likeness (QED) is 0.748. The summed E-state index contributed by atoms with van der Waals surface area (Å²) in [7, 11) is 0. The lowest BCUT2D eigenvalue weighted by Crippen LogP contribution is -2.35. The molecule has 3 aromatic rings. The number of rotatable bonds is 4. The summed E-state index contributed by atoms with van der Waals surface area (Å²) in [5, 5.41) is 11.9. The number of para-hydroxylation sites is 1. The lowest BCUT2D eigenvalue weighted by Gasteiger charge is -2.18. The first kappa shape index (κ1) is 17.9. The smallest absolute Gasteiger partial charge is 0.279 e. The van der Waals surface area contributed by atoms with Crippen LogP contribution < -0.4 is 10.9 Å². The van der Waals surface area contributed by atoms with Crippen LogP contribution in [0.3, 0.4) is 0 Å². The Morgan fingerprint density at radius 2 is 2.15 bits per heavy atom. The van der Waals surface area contributed by atoms with Crippen molar-refractivity contribution in [3.63, 3.8) is 0 Å². The number of aryl methyl sites for hydroxylation is 1. The molecule has 0 aliphatic heterocycles. The molecule has 0 bridgehead atoms. The highest BCUT2D eigenvalue weighted by Crippen LogP contribution is 2.35. The van der Waals surface area contributed by atoms with E-state index in [0.29, 0.717) is 28.2 Å². The molecule has 6 nitrogen and oxygen atoms in total. The number of hydrogen-bond acceptors (Lipinski definition) is 5. The van der Waals surface area contributed by atoms with Gasteiger partial charge in [-0.1, -0.05) is 37.3 Å². The van der Waals surface area contributed by atoms with Crippen LogP contribution in [-0.2, 0) is 17.6 Å². The first-order valence-electron chi connectivity index (χ1n) is 9.34. The Morgan fingerprint density at radius 1 is 1.37 bits per heavy atom. The van der Waals surface area contributed by atoms with E-state index in [1.165, 1.54) is 9.56 Å². The maximum atomic E-state index is 13.2. The number of hydrogen-bond donors (Lipinski definition) is 1. The van der Waals surface area contributed by atoms with E-state index < -0.39 is 6.04 Å². The number of nitrogens with zero attached hydrogens (tertiary/aromatic N) is 3. The predicted molar refractivity (Wildman–Crippen MR) is 107 cm³/mol. The van der Waals surface area contributed by atoms with E-state index in [1.54, 1.807) is 11.3 Å². The predicted octanol–water partition coefficient (Wildman–Crippen LogP) is 3.57. The van der Waals surface area contributed by atoms with Gasteiger partial charge >= 0.3 is 0 Å². The summed E-state index contributed by atoms with van der Waals surface area (Å²) >= 11 is 1.57. The Balaban J connectivity index is 1.72. The number of benzene rings is 1. The molecule has 2 heterocycles. The molecule has 140 valence electrons. The fourth-order valence-electron chi connectivity index (χ4n) is 3.69. The molecule has 0 fully saturated rings. The summed E-state index contributed by atoms with van der Waals surface area (Å²) in [5.74, 6) is 0.373. The van der Waals surface area contributed by atoms with Crippen molar-refractivity contribution < 1.29 is 4.79 Å². The number of carbonyl (C=O) groups is 1. The van der Waals surface area contributed by atoms with E-state index in [4.69, 9.17) is 0 Å². The van der Waals surface area contributed by atoms with Crippen molar-refractivity contribution in [3.05, 3.63) is 51.1 Å². The minimum absolute atomic E-state index is 0.206. The molecule has 2 aromatic heterocycles. The minimum Gasteiger partial charge on any atom is -0.324 e. The number of nitrogens with one attached hydrogen (secondary N) is 1. The van der Waals surface area contributed by atoms with Gasteiger partial charge in [-0.2, -0.15) is 4.68 Å². The third-order valence-electron chi connectivity index (χ3n) is 5.17. The third kappa shape index (κ3) is 3.27. The number of thiophene rings is 1. The minimum atomic E-state index is -0.687. The summed E-state index contributed by atoms with van der Waals surface area (Å²) in [4.78, 5) is 27.9. The lowest BCUT2D eigenvalue weighted by atomic mass is 9.89. The average Bonchev–Trinajstić information content (AvgIpc) is 3.03. The molecule has 2 atom stereocenters. The zero-order chi connectivity index (χ0) is 19.0. The van der Waals surface area contributed by atoms with Gasteiger partial charge in [-0.15, -0.1) is 16.4 Å². The fraction of sp³-hybridized carbons (Fsp3) is 0.400. The Hall–Kier alpha value is -2.54. The molecule has 1 aliphatic carbocycles. The van der Waals surface area contributed by atoms with Crippen LogP contribution in [0.2, 0.25) is 0 Å². The molecule has 1 amide bonds. The highest BCUT2D eigenvalue weighted by molar-refractivity contribution is 7.18. The second-order valence-electron chi connectivity index (χ2n) is 7.15. The standard InChI is InChI=1S/C20H22N4O2S/c1-3-15(18(25)21-13-7-5-4-6-8-13)24-20(26)17-14-10-9-12(2)11-16(14)27-19(17)22-23-24/h4-8,12,15H,3,9-11H2,1-2H3,(H,21,25). The summed E-state index contributed by atoms with van der Waals surface area (Å²) in [6, 6.07) is 8.54. The molecule has 2 unspecified atom stereocenters. The molecule has 0 saturated heterocycles. The summed E-state index contributed by atoms with van der Waals surface area (Å²) < 4.78 is 1.26. The van der Waals surface area contributed by atoms with Gasteiger partial charge < -0.3 is 5.32 Å². The number of amides is 1. The van der Waals surface area contributed by atoms with Crippen LogP contribution in [-0.4, -0.2) is 20.9 Å². The molecule has 0 spiro atoms. The Morgan fingerprint density at radius 3 is 2.89 bits per heavy atom. The van der Waals surface area contributed by atoms with Crippen LogP contribution in [0.1, 0.15) is 43.2 Å². The topological polar surface area (TPSA) is 76.9 Å². The maximum Gasteiger partial charge on any atom is 0.279 e. The van der Waals surface area contributed by atoms with Gasteiger partial charge in [0.05, 0.1) is 5.39 Å². The van der Waals surface area contributed by atoms with E-state index >= 15 is 0 Å². The second kappa shape index (κ2) is 7.23. The van der Waals surface area contributed by atoms with Gasteiger partial charge in [-0.05, 0) is 49.3 Å². The van der Waals surface area contributed by atoms with Gasteiger partial charge in [0, 0.05) is 10.6 Å². The van der Waals surface area contributed by atoms with E-state index in [0.717, 1.165) is 24.8 Å². The molecule has 0 saturated carbocycles. The summed E-state index contributed by atoms with van der Waals surface area (Å²) in [5.41, 5.74) is 1.60. The molecule has 1 aromatic carbocycles. The zero-order valence-electron chi connectivity index (χ0n) is 15.4. The molecule has 1 aliphatic rings. The van der Waals surface area contributed by atoms with Gasteiger partial charge in [-0.3, -0.25) is 9.59 Å². The van der Waals surface area contributed by atoms with Crippen molar-refractivity contribution >= 4 is 33.1 Å². The second-order valence-corrected chi connectivity index (χ2v) is 8.23. The number of fused-ring (bicyclic) bond motifs is 3. The number of carbonyl (C=O) groups excluding carboxylic acids is 1. The van der Waals surface area contributed by atoms with Crippen molar-refractivity contribution in [2.75, 3.05) is 5.32 Å². The molecule has 0 radical (unpaired) electrons. The fourth-order valence-corrected chi connectivity index (χ4v) is 5.01. The average molecular weight is 382 g/mol. The first-order valence-corrected chi connectivity index (χ1v) is 10.2. The summed E-state index contributed by atoms with van der Waals surface area (Å²) in [6.07, 6.45) is 3.42. The molecule has 27 heavy (non-hydrogen) atoms. The van der Waals surface area contributed by atoms with Crippen molar-refractivity contribution in [2.24, 2.45) is 5.92 Å². The van der Waals surface area contributed by atoms with Gasteiger partial charge in [-0.25, -0.2) is 0 Å². The van der Waals surface area contributed by atoms with Crippen molar-refractivity contribution in [1.29, 1.82) is 0 Å². The summed E-state index contributed by atoms with van der Waals surface area (Å²) in [6.45, 7) is 4.11. The van der Waals surface area contributed by atoms with Crippen LogP contribution in [0, 0.1) is 5.92 Å². The van der Waals surface area contributed by atoms with Crippen LogP contribution in [0.15, 0.2) is 35.1 Å². The molecule has 1 N–H and O–H groups in total. The van der Waals surface area contributed by atoms with E-state index in [9.17, 15) is 9.59 Å². The maximum absolute atomic E-state index is 13.2. The normalized spacial score (nSPS) is 17.5. The molecular weight excluding hydrogens is 360 g/mol. The largest absolute Gasteiger partial charge is 0.324 e. The van der Waals surface area contributed by atoms with Crippen LogP contribution in [0.5, 0.6) is 0 Å². The first-order chi connectivity index (χ1) is 13.1. The molecular formula is C20H22N4O2S. The van der Waals surface area contributed by atoms with E-state index in [-0.39, 0.29) is 11.5 Å².